The standard InChI is InChI=1S/C16H32N4O2.HI/c1-5-13-7-6-8-14(11-13)19-16(17-9-10-22-4)18-12-15(21)20(2)3;/h13-14H,5-12H2,1-4H3,(H2,17,18,19);1H. The molecule has 1 saturated carbocycles. The van der Waals surface area contributed by atoms with Crippen molar-refractivity contribution in [1.82, 2.24) is 15.5 Å². The summed E-state index contributed by atoms with van der Waals surface area (Å²) in [7, 11) is 5.17. The van der Waals surface area contributed by atoms with Gasteiger partial charge in [-0.15, -0.1) is 24.0 Å². The third kappa shape index (κ3) is 9.34. The maximum Gasteiger partial charge on any atom is 0.243 e. The number of aliphatic imine (C=N–C) groups is 1. The van der Waals surface area contributed by atoms with Crippen molar-refractivity contribution < 1.29 is 9.53 Å². The van der Waals surface area contributed by atoms with Gasteiger partial charge in [0.25, 0.3) is 0 Å². The molecule has 6 nitrogen and oxygen atoms in total. The number of halogens is 1. The van der Waals surface area contributed by atoms with Crippen LogP contribution in [0.15, 0.2) is 4.99 Å². The molecule has 0 radical (unpaired) electrons. The minimum atomic E-state index is 0. The number of carbonyl (C=O) groups is 1. The second kappa shape index (κ2) is 12.8. The van der Waals surface area contributed by atoms with E-state index >= 15 is 0 Å². The van der Waals surface area contributed by atoms with Crippen molar-refractivity contribution in [3.05, 3.63) is 0 Å². The van der Waals surface area contributed by atoms with E-state index in [1.807, 2.05) is 0 Å². The molecule has 1 aliphatic carbocycles. The van der Waals surface area contributed by atoms with Gasteiger partial charge in [0.2, 0.25) is 5.91 Å². The monoisotopic (exact) mass is 440 g/mol. The summed E-state index contributed by atoms with van der Waals surface area (Å²) in [4.78, 5) is 17.7. The fraction of sp³-hybridized carbons (Fsp3) is 0.875. The van der Waals surface area contributed by atoms with Crippen LogP contribution in [0.5, 0.6) is 0 Å². The smallest absolute Gasteiger partial charge is 0.243 e. The average Bonchev–Trinajstić information content (AvgIpc) is 2.52. The van der Waals surface area contributed by atoms with Crippen LogP contribution in [0.25, 0.3) is 0 Å². The highest BCUT2D eigenvalue weighted by Gasteiger charge is 2.21. The number of hydrogen-bond acceptors (Lipinski definition) is 3. The molecule has 0 bridgehead atoms. The Morgan fingerprint density at radius 2 is 2.09 bits per heavy atom. The molecule has 1 rings (SSSR count). The van der Waals surface area contributed by atoms with E-state index in [-0.39, 0.29) is 36.4 Å². The maximum atomic E-state index is 11.7. The SMILES string of the molecule is CCC1CCCC(NC(=NCC(=O)N(C)C)NCCOC)C1.I. The van der Waals surface area contributed by atoms with Gasteiger partial charge in [0.05, 0.1) is 6.61 Å². The number of hydrogen-bond donors (Lipinski definition) is 2. The third-order valence-electron chi connectivity index (χ3n) is 4.17. The van der Waals surface area contributed by atoms with Crippen molar-refractivity contribution in [3.8, 4) is 0 Å². The molecule has 1 amide bonds. The van der Waals surface area contributed by atoms with Crippen LogP contribution >= 0.6 is 24.0 Å². The van der Waals surface area contributed by atoms with E-state index in [4.69, 9.17) is 4.74 Å². The van der Waals surface area contributed by atoms with E-state index in [1.165, 1.54) is 32.1 Å². The Kier molecular flexibility index (Phi) is 12.5. The van der Waals surface area contributed by atoms with Gasteiger partial charge in [-0.25, -0.2) is 4.99 Å². The van der Waals surface area contributed by atoms with Gasteiger partial charge in [-0.3, -0.25) is 4.79 Å². The van der Waals surface area contributed by atoms with E-state index in [0.29, 0.717) is 25.2 Å². The summed E-state index contributed by atoms with van der Waals surface area (Å²) in [6, 6.07) is 0.446. The minimum absolute atomic E-state index is 0. The Morgan fingerprint density at radius 1 is 1.35 bits per heavy atom. The van der Waals surface area contributed by atoms with Crippen LogP contribution in [-0.4, -0.2) is 63.7 Å². The lowest BCUT2D eigenvalue weighted by molar-refractivity contribution is -0.127. The molecule has 0 heterocycles. The molecule has 0 aliphatic heterocycles. The van der Waals surface area contributed by atoms with Gasteiger partial charge in [0, 0.05) is 33.8 Å². The molecule has 0 aromatic carbocycles. The predicted molar refractivity (Wildman–Crippen MR) is 105 cm³/mol. The first kappa shape index (κ1) is 22.4. The van der Waals surface area contributed by atoms with Crippen molar-refractivity contribution in [2.24, 2.45) is 10.9 Å². The molecule has 23 heavy (non-hydrogen) atoms. The zero-order chi connectivity index (χ0) is 16.4. The van der Waals surface area contributed by atoms with Gasteiger partial charge in [-0.2, -0.15) is 0 Å². The van der Waals surface area contributed by atoms with Crippen LogP contribution < -0.4 is 10.6 Å². The molecule has 1 aliphatic rings. The Balaban J connectivity index is 0.00000484. The van der Waals surface area contributed by atoms with E-state index in [1.54, 1.807) is 26.1 Å². The van der Waals surface area contributed by atoms with Gasteiger partial charge < -0.3 is 20.3 Å². The lowest BCUT2D eigenvalue weighted by Crippen LogP contribution is -2.46. The van der Waals surface area contributed by atoms with Crippen molar-refractivity contribution in [2.45, 2.75) is 45.1 Å². The van der Waals surface area contributed by atoms with Gasteiger partial charge in [-0.1, -0.05) is 26.2 Å². The minimum Gasteiger partial charge on any atom is -0.383 e. The van der Waals surface area contributed by atoms with E-state index in [9.17, 15) is 4.79 Å². The van der Waals surface area contributed by atoms with Crippen molar-refractivity contribution in [1.29, 1.82) is 0 Å². The van der Waals surface area contributed by atoms with E-state index < -0.39 is 0 Å². The number of carbonyl (C=O) groups excluding carboxylic acids is 1. The Labute approximate surface area is 157 Å². The molecular weight excluding hydrogens is 407 g/mol. The Bertz CT molecular complexity index is 364. The largest absolute Gasteiger partial charge is 0.383 e. The second-order valence-electron chi connectivity index (χ2n) is 6.15. The third-order valence-corrected chi connectivity index (χ3v) is 4.17. The number of ether oxygens (including phenoxy) is 1. The molecule has 2 atom stereocenters. The first-order valence-electron chi connectivity index (χ1n) is 8.30. The number of nitrogens with one attached hydrogen (secondary N) is 2. The topological polar surface area (TPSA) is 66.0 Å². The normalized spacial score (nSPS) is 21.3. The van der Waals surface area contributed by atoms with Gasteiger partial charge >= 0.3 is 0 Å². The summed E-state index contributed by atoms with van der Waals surface area (Å²) >= 11 is 0. The highest BCUT2D eigenvalue weighted by Crippen LogP contribution is 2.26. The molecule has 1 fully saturated rings. The van der Waals surface area contributed by atoms with E-state index in [2.05, 4.69) is 22.5 Å². The molecule has 7 heteroatoms. The second-order valence-corrected chi connectivity index (χ2v) is 6.15. The molecular formula is C16H33IN4O2. The van der Waals surface area contributed by atoms with Gasteiger partial charge in [0.1, 0.15) is 6.54 Å². The molecule has 2 unspecified atom stereocenters. The van der Waals surface area contributed by atoms with E-state index in [0.717, 1.165) is 5.92 Å². The van der Waals surface area contributed by atoms with Crippen LogP contribution in [0.4, 0.5) is 0 Å². The van der Waals surface area contributed by atoms with Gasteiger partial charge in [0.15, 0.2) is 5.96 Å². The molecule has 2 N–H and O–H groups in total. The number of nitrogens with zero attached hydrogens (tertiary/aromatic N) is 2. The van der Waals surface area contributed by atoms with Crippen LogP contribution in [0.2, 0.25) is 0 Å². The zero-order valence-electron chi connectivity index (χ0n) is 14.9. The Morgan fingerprint density at radius 3 is 2.70 bits per heavy atom. The van der Waals surface area contributed by atoms with Crippen molar-refractivity contribution in [2.75, 3.05) is 40.9 Å². The molecule has 0 spiro atoms. The molecule has 0 saturated heterocycles. The van der Waals surface area contributed by atoms with Crippen molar-refractivity contribution in [3.63, 3.8) is 0 Å². The maximum absolute atomic E-state index is 11.7. The first-order valence-corrected chi connectivity index (χ1v) is 8.30. The summed E-state index contributed by atoms with van der Waals surface area (Å²) in [5.74, 6) is 1.52. The first-order chi connectivity index (χ1) is 10.6. The fourth-order valence-corrected chi connectivity index (χ4v) is 2.70. The summed E-state index contributed by atoms with van der Waals surface area (Å²) in [6.07, 6.45) is 6.18. The van der Waals surface area contributed by atoms with Crippen LogP contribution in [-0.2, 0) is 9.53 Å². The van der Waals surface area contributed by atoms with Gasteiger partial charge in [-0.05, 0) is 18.8 Å². The Hall–Kier alpha value is -0.570. The number of guanidine groups is 1. The van der Waals surface area contributed by atoms with Crippen molar-refractivity contribution >= 4 is 35.8 Å². The highest BCUT2D eigenvalue weighted by molar-refractivity contribution is 14.0. The fourth-order valence-electron chi connectivity index (χ4n) is 2.70. The summed E-state index contributed by atoms with van der Waals surface area (Å²) in [6.45, 7) is 3.72. The van der Waals surface area contributed by atoms with Crippen LogP contribution in [0.1, 0.15) is 39.0 Å². The predicted octanol–water partition coefficient (Wildman–Crippen LogP) is 1.84. The van der Waals surface area contributed by atoms with Crippen LogP contribution in [0.3, 0.4) is 0 Å². The molecule has 0 aromatic heterocycles. The summed E-state index contributed by atoms with van der Waals surface area (Å²) < 4.78 is 5.06. The average molecular weight is 440 g/mol. The number of rotatable bonds is 7. The van der Waals surface area contributed by atoms with Crippen LogP contribution in [0, 0.1) is 5.92 Å². The summed E-state index contributed by atoms with van der Waals surface area (Å²) in [5.41, 5.74) is 0. The summed E-state index contributed by atoms with van der Waals surface area (Å²) in [5, 5.41) is 6.72. The zero-order valence-corrected chi connectivity index (χ0v) is 17.3. The quantitative estimate of drug-likeness (QED) is 0.275. The number of likely N-dealkylation sites (N-methyl/N-ethyl adjacent to an activating group) is 1. The molecule has 136 valence electrons. The lowest BCUT2D eigenvalue weighted by atomic mass is 9.84. The lowest BCUT2D eigenvalue weighted by Gasteiger charge is -2.30. The number of amides is 1. The molecule has 0 aromatic rings. The highest BCUT2D eigenvalue weighted by atomic mass is 127. The number of methoxy groups -OCH3 is 1.